The summed E-state index contributed by atoms with van der Waals surface area (Å²) in [5, 5.41) is 7.12. The highest BCUT2D eigenvalue weighted by Crippen LogP contribution is 2.36. The molecule has 1 heterocycles. The molecule has 9 heteroatoms. The Bertz CT molecular complexity index is 1780. The number of hydrogen-bond donors (Lipinski definition) is 1. The van der Waals surface area contributed by atoms with E-state index in [1.807, 2.05) is 67.6 Å². The van der Waals surface area contributed by atoms with Gasteiger partial charge in [-0.2, -0.15) is 18.2 Å². The molecule has 0 unspecified atom stereocenters. The molecule has 0 saturated heterocycles. The number of benzene rings is 4. The van der Waals surface area contributed by atoms with Gasteiger partial charge in [0.2, 0.25) is 5.96 Å². The molecule has 0 atom stereocenters. The molecule has 0 radical (unpaired) electrons. The van der Waals surface area contributed by atoms with E-state index in [1.54, 1.807) is 19.1 Å². The number of rotatable bonds is 6. The van der Waals surface area contributed by atoms with Crippen molar-refractivity contribution in [3.8, 4) is 11.3 Å². The zero-order chi connectivity index (χ0) is 26.9. The highest BCUT2D eigenvalue weighted by Gasteiger charge is 2.22. The zero-order valence-corrected chi connectivity index (χ0v) is 23.2. The van der Waals surface area contributed by atoms with Crippen LogP contribution in [0.4, 0.5) is 0 Å². The molecule has 0 amide bonds. The second-order valence-electron chi connectivity index (χ2n) is 8.85. The van der Waals surface area contributed by atoms with Gasteiger partial charge in [0.15, 0.2) is 0 Å². The van der Waals surface area contributed by atoms with Gasteiger partial charge in [-0.05, 0) is 53.9 Å². The number of hydrogen-bond acceptors (Lipinski definition) is 4. The monoisotopic (exact) mass is 560 g/mol. The van der Waals surface area contributed by atoms with Gasteiger partial charge >= 0.3 is 0 Å². The molecule has 1 aromatic heterocycles. The Morgan fingerprint density at radius 2 is 1.68 bits per heavy atom. The number of aromatic nitrogens is 2. The second kappa shape index (κ2) is 10.6. The summed E-state index contributed by atoms with van der Waals surface area (Å²) in [6.07, 6.45) is 0. The van der Waals surface area contributed by atoms with Crippen LogP contribution in [0.3, 0.4) is 0 Å². The van der Waals surface area contributed by atoms with Gasteiger partial charge < -0.3 is 5.73 Å². The normalized spacial score (nSPS) is 12.2. The molecule has 5 rings (SSSR count). The number of nitrogens with two attached hydrogens (primary N) is 1. The van der Waals surface area contributed by atoms with Crippen molar-refractivity contribution in [3.05, 3.63) is 113 Å². The van der Waals surface area contributed by atoms with Crippen LogP contribution in [0, 0.1) is 13.8 Å². The van der Waals surface area contributed by atoms with E-state index in [2.05, 4.69) is 27.7 Å². The SMILES string of the molecule is Cc1cc(-c2ccccc2)n(C(N)=NS(=O)(=O)c2cc(C)c(Cl)cc2SCc2cccc3ccccc23)n1. The molecule has 0 aliphatic heterocycles. The number of fused-ring (bicyclic) bond motifs is 1. The van der Waals surface area contributed by atoms with Crippen molar-refractivity contribution >= 4 is 50.1 Å². The van der Waals surface area contributed by atoms with Crippen LogP contribution in [-0.4, -0.2) is 24.2 Å². The lowest BCUT2D eigenvalue weighted by atomic mass is 10.1. The molecule has 0 saturated carbocycles. The highest BCUT2D eigenvalue weighted by molar-refractivity contribution is 7.99. The summed E-state index contributed by atoms with van der Waals surface area (Å²) in [7, 11) is -4.19. The minimum Gasteiger partial charge on any atom is -0.367 e. The van der Waals surface area contributed by atoms with Gasteiger partial charge in [0.1, 0.15) is 4.90 Å². The first-order chi connectivity index (χ1) is 18.2. The summed E-state index contributed by atoms with van der Waals surface area (Å²) in [5.74, 6) is 0.313. The van der Waals surface area contributed by atoms with E-state index in [0.29, 0.717) is 32.6 Å². The predicted molar refractivity (Wildman–Crippen MR) is 156 cm³/mol. The fraction of sp³-hybridized carbons (Fsp3) is 0.103. The maximum absolute atomic E-state index is 13.6. The van der Waals surface area contributed by atoms with E-state index in [4.69, 9.17) is 17.3 Å². The number of aryl methyl sites for hydroxylation is 2. The molecule has 2 N–H and O–H groups in total. The van der Waals surface area contributed by atoms with E-state index in [-0.39, 0.29) is 10.9 Å². The third-order valence-corrected chi connectivity index (χ3v) is 9.06. The van der Waals surface area contributed by atoms with Crippen LogP contribution in [0.2, 0.25) is 5.02 Å². The minimum atomic E-state index is -4.19. The lowest BCUT2D eigenvalue weighted by Gasteiger charge is -2.12. The average molecular weight is 561 g/mol. The van der Waals surface area contributed by atoms with Crippen molar-refractivity contribution in [2.24, 2.45) is 10.1 Å². The van der Waals surface area contributed by atoms with Crippen LogP contribution in [0.15, 0.2) is 105 Å². The molecule has 6 nitrogen and oxygen atoms in total. The molecule has 0 fully saturated rings. The first kappa shape index (κ1) is 26.0. The van der Waals surface area contributed by atoms with E-state index in [9.17, 15) is 8.42 Å². The van der Waals surface area contributed by atoms with Gasteiger partial charge in [-0.1, -0.05) is 84.4 Å². The van der Waals surface area contributed by atoms with Crippen LogP contribution in [0.1, 0.15) is 16.8 Å². The van der Waals surface area contributed by atoms with Gasteiger partial charge in [0.05, 0.1) is 11.4 Å². The molecule has 5 aromatic rings. The molecular weight excluding hydrogens is 536 g/mol. The molecule has 0 bridgehead atoms. The molecule has 0 spiro atoms. The van der Waals surface area contributed by atoms with Crippen LogP contribution in [-0.2, 0) is 15.8 Å². The van der Waals surface area contributed by atoms with Crippen molar-refractivity contribution in [1.82, 2.24) is 9.78 Å². The standard InChI is InChI=1S/C29H25ClN4O2S2/c1-19-15-28(27(17-25(19)30)37-18-23-13-8-12-21-9-6-7-14-24(21)23)38(35,36)33-29(31)34-26(16-20(2)32-34)22-10-4-3-5-11-22/h3-17H,18H2,1-2H3,(H2,31,33). The van der Waals surface area contributed by atoms with Crippen LogP contribution in [0.5, 0.6) is 0 Å². The summed E-state index contributed by atoms with van der Waals surface area (Å²) < 4.78 is 32.6. The van der Waals surface area contributed by atoms with Crippen LogP contribution >= 0.6 is 23.4 Å². The predicted octanol–water partition coefficient (Wildman–Crippen LogP) is 6.82. The molecule has 0 aliphatic rings. The Balaban J connectivity index is 1.52. The topological polar surface area (TPSA) is 90.3 Å². The quantitative estimate of drug-likeness (QED) is 0.140. The Morgan fingerprint density at radius 1 is 0.974 bits per heavy atom. The first-order valence-electron chi connectivity index (χ1n) is 11.9. The number of sulfonamides is 1. The summed E-state index contributed by atoms with van der Waals surface area (Å²) in [4.78, 5) is 0.558. The Hall–Kier alpha value is -3.59. The molecule has 38 heavy (non-hydrogen) atoms. The van der Waals surface area contributed by atoms with Crippen molar-refractivity contribution in [3.63, 3.8) is 0 Å². The molecule has 192 valence electrons. The highest BCUT2D eigenvalue weighted by atomic mass is 35.5. The van der Waals surface area contributed by atoms with E-state index in [0.717, 1.165) is 21.9 Å². The Labute approximate surface area is 231 Å². The number of halogens is 1. The fourth-order valence-electron chi connectivity index (χ4n) is 4.22. The second-order valence-corrected chi connectivity index (χ2v) is 11.8. The van der Waals surface area contributed by atoms with Crippen molar-refractivity contribution in [1.29, 1.82) is 0 Å². The van der Waals surface area contributed by atoms with Gasteiger partial charge in [-0.25, -0.2) is 0 Å². The third kappa shape index (κ3) is 5.34. The summed E-state index contributed by atoms with van der Waals surface area (Å²) >= 11 is 7.82. The van der Waals surface area contributed by atoms with Crippen LogP contribution in [0.25, 0.3) is 22.0 Å². The van der Waals surface area contributed by atoms with E-state index < -0.39 is 10.0 Å². The minimum absolute atomic E-state index is 0.0534. The average Bonchev–Trinajstić information content (AvgIpc) is 3.31. The number of nitrogens with zero attached hydrogens (tertiary/aromatic N) is 3. The maximum atomic E-state index is 13.6. The first-order valence-corrected chi connectivity index (χ1v) is 14.7. The Kier molecular flexibility index (Phi) is 7.29. The van der Waals surface area contributed by atoms with E-state index in [1.165, 1.54) is 16.4 Å². The summed E-state index contributed by atoms with van der Waals surface area (Å²) in [6, 6.07) is 28.8. The summed E-state index contributed by atoms with van der Waals surface area (Å²) in [6.45, 7) is 3.58. The third-order valence-electron chi connectivity index (χ3n) is 6.10. The largest absolute Gasteiger partial charge is 0.367 e. The van der Waals surface area contributed by atoms with Crippen molar-refractivity contribution < 1.29 is 8.42 Å². The lowest BCUT2D eigenvalue weighted by Crippen LogP contribution is -2.26. The van der Waals surface area contributed by atoms with Gasteiger partial charge in [0, 0.05) is 21.2 Å². The van der Waals surface area contributed by atoms with Gasteiger partial charge in [-0.3, -0.25) is 0 Å². The van der Waals surface area contributed by atoms with Crippen LogP contribution < -0.4 is 5.73 Å². The zero-order valence-electron chi connectivity index (χ0n) is 20.8. The lowest BCUT2D eigenvalue weighted by molar-refractivity contribution is 0.595. The summed E-state index contributed by atoms with van der Waals surface area (Å²) in [5.41, 5.74) is 10.2. The van der Waals surface area contributed by atoms with Crippen molar-refractivity contribution in [2.45, 2.75) is 29.4 Å². The molecule has 0 aliphatic carbocycles. The Morgan fingerprint density at radius 3 is 2.47 bits per heavy atom. The van der Waals surface area contributed by atoms with E-state index >= 15 is 0 Å². The van der Waals surface area contributed by atoms with Gasteiger partial charge in [-0.15, -0.1) is 16.2 Å². The molecule has 4 aromatic carbocycles. The maximum Gasteiger partial charge on any atom is 0.286 e. The van der Waals surface area contributed by atoms with Crippen molar-refractivity contribution in [2.75, 3.05) is 0 Å². The molecular formula is C29H25ClN4O2S2. The fourth-order valence-corrected chi connectivity index (χ4v) is 6.97. The smallest absolute Gasteiger partial charge is 0.286 e. The van der Waals surface area contributed by atoms with Gasteiger partial charge in [0.25, 0.3) is 10.0 Å². The number of thioether (sulfide) groups is 1.